The second-order valence-electron chi connectivity index (χ2n) is 5.62. The number of aromatic nitrogens is 5. The van der Waals surface area contributed by atoms with Gasteiger partial charge in [0.1, 0.15) is 0 Å². The van der Waals surface area contributed by atoms with Gasteiger partial charge in [-0.15, -0.1) is 11.3 Å². The minimum Gasteiger partial charge on any atom is -0.326 e. The van der Waals surface area contributed by atoms with E-state index in [1.165, 1.54) is 0 Å². The molecule has 8 nitrogen and oxygen atoms in total. The second kappa shape index (κ2) is 6.73. The number of H-pyrrole nitrogens is 3. The van der Waals surface area contributed by atoms with Crippen molar-refractivity contribution in [1.29, 1.82) is 0 Å². The van der Waals surface area contributed by atoms with Gasteiger partial charge in [-0.25, -0.2) is 4.79 Å². The van der Waals surface area contributed by atoms with Crippen molar-refractivity contribution in [1.82, 2.24) is 24.7 Å². The summed E-state index contributed by atoms with van der Waals surface area (Å²) in [7, 11) is 0. The van der Waals surface area contributed by atoms with Gasteiger partial charge in [-0.3, -0.25) is 14.5 Å². The van der Waals surface area contributed by atoms with Gasteiger partial charge < -0.3 is 15.3 Å². The number of thiophene rings is 1. The normalized spacial score (nSPS) is 11.1. The number of hydrogen-bond donors (Lipinski definition) is 4. The van der Waals surface area contributed by atoms with E-state index in [9.17, 15) is 9.59 Å². The number of nitrogens with zero attached hydrogens (tertiary/aromatic N) is 2. The zero-order chi connectivity index (χ0) is 18.1. The van der Waals surface area contributed by atoms with E-state index in [1.807, 2.05) is 22.1 Å². The maximum Gasteiger partial charge on any atom is 0.323 e. The Balaban J connectivity index is 1.46. The fourth-order valence-electron chi connectivity index (χ4n) is 2.67. The molecule has 0 aliphatic rings. The Hall–Kier alpha value is -2.98. The van der Waals surface area contributed by atoms with E-state index >= 15 is 0 Å². The van der Waals surface area contributed by atoms with Crippen LogP contribution in [0.5, 0.6) is 0 Å². The third-order valence-electron chi connectivity index (χ3n) is 3.86. The first-order chi connectivity index (χ1) is 12.6. The molecule has 1 aromatic carbocycles. The summed E-state index contributed by atoms with van der Waals surface area (Å²) in [5, 5.41) is 11.8. The van der Waals surface area contributed by atoms with Gasteiger partial charge in [0, 0.05) is 18.7 Å². The number of fused-ring (bicyclic) bond motifs is 1. The van der Waals surface area contributed by atoms with Gasteiger partial charge in [0.05, 0.1) is 15.9 Å². The second-order valence-corrected chi connectivity index (χ2v) is 6.95. The average molecular weight is 386 g/mol. The summed E-state index contributed by atoms with van der Waals surface area (Å²) in [6, 6.07) is 9.09. The fraction of sp³-hybridized carbons (Fsp3) is 0.125. The average Bonchev–Trinajstić information content (AvgIpc) is 3.32. The highest BCUT2D eigenvalue weighted by molar-refractivity contribution is 7.71. The molecule has 0 saturated heterocycles. The molecule has 4 N–H and O–H groups in total. The minimum absolute atomic E-state index is 0.150. The molecule has 4 aromatic rings. The first-order valence-electron chi connectivity index (χ1n) is 7.81. The maximum atomic E-state index is 12.3. The summed E-state index contributed by atoms with van der Waals surface area (Å²) in [5.74, 6) is 0.576. The Morgan fingerprint density at radius 2 is 2.12 bits per heavy atom. The van der Waals surface area contributed by atoms with Crippen molar-refractivity contribution in [2.45, 2.75) is 13.0 Å². The molecule has 0 spiro atoms. The third kappa shape index (κ3) is 3.24. The van der Waals surface area contributed by atoms with E-state index in [1.54, 1.807) is 29.5 Å². The van der Waals surface area contributed by atoms with Crippen molar-refractivity contribution in [2.75, 3.05) is 5.32 Å². The molecule has 1 amide bonds. The number of hydrogen-bond acceptors (Lipinski definition) is 5. The Labute approximate surface area is 155 Å². The van der Waals surface area contributed by atoms with Gasteiger partial charge in [-0.1, -0.05) is 6.07 Å². The molecule has 0 aliphatic heterocycles. The molecule has 132 valence electrons. The highest BCUT2D eigenvalue weighted by atomic mass is 32.1. The van der Waals surface area contributed by atoms with Crippen molar-refractivity contribution in [2.24, 2.45) is 0 Å². The predicted octanol–water partition coefficient (Wildman–Crippen LogP) is 2.87. The van der Waals surface area contributed by atoms with Crippen LogP contribution < -0.4 is 11.0 Å². The number of imidazole rings is 1. The summed E-state index contributed by atoms with van der Waals surface area (Å²) >= 11 is 6.83. The van der Waals surface area contributed by atoms with Crippen LogP contribution in [0.15, 0.2) is 40.5 Å². The van der Waals surface area contributed by atoms with Gasteiger partial charge in [0.2, 0.25) is 5.91 Å². The van der Waals surface area contributed by atoms with Crippen LogP contribution in [0.3, 0.4) is 0 Å². The molecule has 3 aromatic heterocycles. The van der Waals surface area contributed by atoms with Gasteiger partial charge in [0.15, 0.2) is 10.6 Å². The predicted molar refractivity (Wildman–Crippen MR) is 103 cm³/mol. The summed E-state index contributed by atoms with van der Waals surface area (Å²) in [5.41, 5.74) is 1.68. The monoisotopic (exact) mass is 386 g/mol. The summed E-state index contributed by atoms with van der Waals surface area (Å²) < 4.78 is 2.29. The van der Waals surface area contributed by atoms with Crippen LogP contribution in [-0.4, -0.2) is 30.6 Å². The van der Waals surface area contributed by atoms with E-state index in [4.69, 9.17) is 12.2 Å². The van der Waals surface area contributed by atoms with Crippen molar-refractivity contribution >= 4 is 46.2 Å². The van der Waals surface area contributed by atoms with Crippen LogP contribution in [0.25, 0.3) is 21.7 Å². The van der Waals surface area contributed by atoms with E-state index in [0.717, 1.165) is 10.7 Å². The molecule has 4 rings (SSSR count). The van der Waals surface area contributed by atoms with E-state index in [-0.39, 0.29) is 18.0 Å². The molecular formula is C16H14N6O2S2. The van der Waals surface area contributed by atoms with Crippen LogP contribution in [0.1, 0.15) is 6.42 Å². The van der Waals surface area contributed by atoms with Crippen LogP contribution >= 0.6 is 23.6 Å². The summed E-state index contributed by atoms with van der Waals surface area (Å²) in [6.45, 7) is 0.414. The number of benzene rings is 1. The molecule has 3 heterocycles. The topological polar surface area (TPSA) is 111 Å². The van der Waals surface area contributed by atoms with Crippen LogP contribution in [0, 0.1) is 4.77 Å². The number of rotatable bonds is 5. The summed E-state index contributed by atoms with van der Waals surface area (Å²) in [4.78, 5) is 29.9. The largest absolute Gasteiger partial charge is 0.326 e. The first-order valence-corrected chi connectivity index (χ1v) is 9.10. The van der Waals surface area contributed by atoms with Crippen molar-refractivity contribution in [3.05, 3.63) is 51.0 Å². The molecule has 26 heavy (non-hydrogen) atoms. The quantitative estimate of drug-likeness (QED) is 0.395. The molecule has 0 bridgehead atoms. The fourth-order valence-corrected chi connectivity index (χ4v) is 3.61. The number of nitrogens with one attached hydrogen (secondary N) is 4. The van der Waals surface area contributed by atoms with Gasteiger partial charge in [-0.05, 0) is 41.9 Å². The zero-order valence-electron chi connectivity index (χ0n) is 13.4. The highest BCUT2D eigenvalue weighted by Crippen LogP contribution is 2.23. The first kappa shape index (κ1) is 16.5. The molecule has 0 unspecified atom stereocenters. The Kier molecular flexibility index (Phi) is 4.27. The number of aromatic amines is 3. The zero-order valence-corrected chi connectivity index (χ0v) is 15.0. The molecule has 0 atom stereocenters. The Bertz CT molecular complexity index is 1180. The van der Waals surface area contributed by atoms with Crippen molar-refractivity contribution in [3.8, 4) is 10.7 Å². The van der Waals surface area contributed by atoms with Crippen LogP contribution in [0.4, 0.5) is 5.69 Å². The lowest BCUT2D eigenvalue weighted by atomic mass is 10.2. The minimum atomic E-state index is -0.279. The Morgan fingerprint density at radius 3 is 2.92 bits per heavy atom. The standard InChI is InChI=1S/C16H14N6O2S2/c23-13(17-9-3-4-10-11(8-9)19-15(24)18-10)5-6-22-14(20-21-16(22)25)12-2-1-7-26-12/h1-4,7-8H,5-6H2,(H,17,23)(H,21,25)(H2,18,19,24). The van der Waals surface area contributed by atoms with Crippen molar-refractivity contribution < 1.29 is 4.79 Å². The SMILES string of the molecule is O=C(CCn1c(-c2cccs2)n[nH]c1=S)Nc1ccc2[nH]c(=O)[nH]c2c1. The molecular weight excluding hydrogens is 372 g/mol. The third-order valence-corrected chi connectivity index (χ3v) is 5.04. The van der Waals surface area contributed by atoms with Crippen molar-refractivity contribution in [3.63, 3.8) is 0 Å². The van der Waals surface area contributed by atoms with Gasteiger partial charge >= 0.3 is 5.69 Å². The lowest BCUT2D eigenvalue weighted by molar-refractivity contribution is -0.116. The molecule has 0 radical (unpaired) electrons. The Morgan fingerprint density at radius 1 is 1.27 bits per heavy atom. The molecule has 10 heteroatoms. The number of carbonyl (C=O) groups excluding carboxylic acids is 1. The van der Waals surface area contributed by atoms with E-state index < -0.39 is 0 Å². The van der Waals surface area contributed by atoms with Crippen LogP contribution in [0.2, 0.25) is 0 Å². The van der Waals surface area contributed by atoms with Gasteiger partial charge in [0.25, 0.3) is 0 Å². The van der Waals surface area contributed by atoms with E-state index in [0.29, 0.717) is 28.0 Å². The summed E-state index contributed by atoms with van der Waals surface area (Å²) in [6.07, 6.45) is 0.244. The lowest BCUT2D eigenvalue weighted by Gasteiger charge is -2.07. The highest BCUT2D eigenvalue weighted by Gasteiger charge is 2.12. The maximum absolute atomic E-state index is 12.3. The smallest absolute Gasteiger partial charge is 0.323 e. The number of carbonyl (C=O) groups is 1. The van der Waals surface area contributed by atoms with Crippen LogP contribution in [-0.2, 0) is 11.3 Å². The van der Waals surface area contributed by atoms with Gasteiger partial charge in [-0.2, -0.15) is 5.10 Å². The molecule has 0 fully saturated rings. The molecule has 0 aliphatic carbocycles. The number of amides is 1. The van der Waals surface area contributed by atoms with E-state index in [2.05, 4.69) is 25.5 Å². The number of anilines is 1. The molecule has 0 saturated carbocycles. The lowest BCUT2D eigenvalue weighted by Crippen LogP contribution is -2.15.